The van der Waals surface area contributed by atoms with Gasteiger partial charge in [0.05, 0.1) is 19.1 Å². The first-order valence-corrected chi connectivity index (χ1v) is 10.5. The Morgan fingerprint density at radius 1 is 1.09 bits per heavy atom. The molecule has 8 nitrogen and oxygen atoms in total. The molecule has 0 atom stereocenters. The van der Waals surface area contributed by atoms with Gasteiger partial charge in [-0.25, -0.2) is 0 Å². The molecule has 0 aliphatic rings. The van der Waals surface area contributed by atoms with Crippen molar-refractivity contribution in [3.63, 3.8) is 0 Å². The first-order chi connectivity index (χ1) is 15.9. The van der Waals surface area contributed by atoms with Crippen molar-refractivity contribution in [2.24, 2.45) is 0 Å². The molecule has 0 unspecified atom stereocenters. The quantitative estimate of drug-likeness (QED) is 0.427. The molecule has 0 radical (unpaired) electrons. The lowest BCUT2D eigenvalue weighted by Gasteiger charge is -2.21. The van der Waals surface area contributed by atoms with E-state index in [0.717, 1.165) is 11.1 Å². The van der Waals surface area contributed by atoms with Crippen LogP contribution in [0, 0.1) is 0 Å². The molecule has 0 spiro atoms. The SMILES string of the molecule is COc1ccc(C(C)(C)C)cc1NC(=O)/C(=C\c1ccco1)n1nnnc1-c1ccccc1. The van der Waals surface area contributed by atoms with E-state index in [1.165, 1.54) is 10.9 Å². The molecule has 4 aromatic rings. The van der Waals surface area contributed by atoms with Crippen molar-refractivity contribution in [1.29, 1.82) is 0 Å². The standard InChI is InChI=1S/C25H25N5O3/c1-25(2,3)18-12-13-22(32-4)20(15-18)26-24(31)21(16-19-11-8-14-33-19)30-23(27-28-29-30)17-9-6-5-7-10-17/h5-16H,1-4H3,(H,26,31)/b21-16+. The Morgan fingerprint density at radius 3 is 2.55 bits per heavy atom. The van der Waals surface area contributed by atoms with Crippen LogP contribution in [0.3, 0.4) is 0 Å². The average molecular weight is 444 g/mol. The van der Waals surface area contributed by atoms with E-state index in [9.17, 15) is 4.79 Å². The summed E-state index contributed by atoms with van der Waals surface area (Å²) in [5.74, 6) is 1.05. The van der Waals surface area contributed by atoms with Gasteiger partial charge < -0.3 is 14.5 Å². The van der Waals surface area contributed by atoms with E-state index in [1.807, 2.05) is 48.5 Å². The molecule has 33 heavy (non-hydrogen) atoms. The third-order valence-corrected chi connectivity index (χ3v) is 5.10. The fourth-order valence-corrected chi connectivity index (χ4v) is 3.31. The van der Waals surface area contributed by atoms with Crippen molar-refractivity contribution in [2.45, 2.75) is 26.2 Å². The summed E-state index contributed by atoms with van der Waals surface area (Å²) in [6, 6.07) is 18.7. The maximum atomic E-state index is 13.6. The summed E-state index contributed by atoms with van der Waals surface area (Å²) in [5, 5.41) is 15.0. The zero-order valence-electron chi connectivity index (χ0n) is 18.9. The molecule has 8 heteroatoms. The van der Waals surface area contributed by atoms with Gasteiger partial charge in [-0.2, -0.15) is 4.68 Å². The van der Waals surface area contributed by atoms with Crippen molar-refractivity contribution < 1.29 is 13.9 Å². The third kappa shape index (κ3) is 4.85. The number of anilines is 1. The van der Waals surface area contributed by atoms with Gasteiger partial charge in [-0.05, 0) is 45.7 Å². The Morgan fingerprint density at radius 2 is 1.88 bits per heavy atom. The lowest BCUT2D eigenvalue weighted by molar-refractivity contribution is -0.111. The first kappa shape index (κ1) is 22.0. The number of amides is 1. The van der Waals surface area contributed by atoms with Gasteiger partial charge in [-0.3, -0.25) is 4.79 Å². The van der Waals surface area contributed by atoms with Crippen LogP contribution in [0.5, 0.6) is 5.75 Å². The summed E-state index contributed by atoms with van der Waals surface area (Å²) in [6.45, 7) is 6.32. The van der Waals surface area contributed by atoms with Gasteiger partial charge in [0.15, 0.2) is 5.82 Å². The monoisotopic (exact) mass is 443 g/mol. The lowest BCUT2D eigenvalue weighted by Crippen LogP contribution is -2.20. The molecule has 1 amide bonds. The molecule has 2 heterocycles. The average Bonchev–Trinajstić information content (AvgIpc) is 3.49. The highest BCUT2D eigenvalue weighted by atomic mass is 16.5. The van der Waals surface area contributed by atoms with Crippen molar-refractivity contribution in [2.75, 3.05) is 12.4 Å². The Kier molecular flexibility index (Phi) is 6.08. The summed E-state index contributed by atoms with van der Waals surface area (Å²) in [5.41, 5.74) is 2.47. The van der Waals surface area contributed by atoms with Gasteiger partial charge in [0, 0.05) is 11.6 Å². The van der Waals surface area contributed by atoms with Crippen LogP contribution < -0.4 is 10.1 Å². The molecular weight excluding hydrogens is 418 g/mol. The summed E-state index contributed by atoms with van der Waals surface area (Å²) in [7, 11) is 1.57. The zero-order valence-corrected chi connectivity index (χ0v) is 18.9. The molecule has 0 saturated heterocycles. The molecule has 4 rings (SSSR count). The van der Waals surface area contributed by atoms with Gasteiger partial charge >= 0.3 is 0 Å². The van der Waals surface area contributed by atoms with E-state index in [2.05, 4.69) is 41.6 Å². The number of nitrogens with zero attached hydrogens (tertiary/aromatic N) is 4. The fourth-order valence-electron chi connectivity index (χ4n) is 3.31. The van der Waals surface area contributed by atoms with Gasteiger partial charge in [0.1, 0.15) is 17.2 Å². The Labute approximate surface area is 191 Å². The molecular formula is C25H25N5O3. The largest absolute Gasteiger partial charge is 0.495 e. The van der Waals surface area contributed by atoms with Crippen LogP contribution in [0.4, 0.5) is 5.69 Å². The van der Waals surface area contributed by atoms with Crippen molar-refractivity contribution in [3.05, 3.63) is 78.3 Å². The smallest absolute Gasteiger partial charge is 0.274 e. The number of methoxy groups -OCH3 is 1. The minimum atomic E-state index is -0.416. The number of furan rings is 1. The number of benzene rings is 2. The van der Waals surface area contributed by atoms with E-state index in [-0.39, 0.29) is 11.1 Å². The minimum Gasteiger partial charge on any atom is -0.495 e. The van der Waals surface area contributed by atoms with Crippen LogP contribution in [-0.2, 0) is 10.2 Å². The van der Waals surface area contributed by atoms with Crippen LogP contribution in [0.25, 0.3) is 23.2 Å². The second kappa shape index (κ2) is 9.12. The van der Waals surface area contributed by atoms with E-state index in [0.29, 0.717) is 23.0 Å². The first-order valence-electron chi connectivity index (χ1n) is 10.5. The zero-order chi connectivity index (χ0) is 23.4. The fraction of sp³-hybridized carbons (Fsp3) is 0.200. The van der Waals surface area contributed by atoms with Gasteiger partial charge in [-0.15, -0.1) is 5.10 Å². The summed E-state index contributed by atoms with van der Waals surface area (Å²) >= 11 is 0. The number of hydrogen-bond acceptors (Lipinski definition) is 6. The number of rotatable bonds is 6. The number of carbonyl (C=O) groups is 1. The maximum Gasteiger partial charge on any atom is 0.274 e. The highest BCUT2D eigenvalue weighted by Gasteiger charge is 2.22. The predicted molar refractivity (Wildman–Crippen MR) is 126 cm³/mol. The highest BCUT2D eigenvalue weighted by molar-refractivity contribution is 6.24. The molecule has 0 fully saturated rings. The molecule has 0 aliphatic heterocycles. The summed E-state index contributed by atoms with van der Waals surface area (Å²) in [4.78, 5) is 13.6. The summed E-state index contributed by atoms with van der Waals surface area (Å²) in [6.07, 6.45) is 3.13. The maximum absolute atomic E-state index is 13.6. The predicted octanol–water partition coefficient (Wildman–Crippen LogP) is 4.88. The number of aromatic nitrogens is 4. The molecule has 0 bridgehead atoms. The minimum absolute atomic E-state index is 0.102. The molecule has 2 aromatic carbocycles. The molecule has 0 aliphatic carbocycles. The number of nitrogens with one attached hydrogen (secondary N) is 1. The van der Waals surface area contributed by atoms with Gasteiger partial charge in [0.25, 0.3) is 5.91 Å². The van der Waals surface area contributed by atoms with Crippen molar-refractivity contribution in [1.82, 2.24) is 20.2 Å². The Balaban J connectivity index is 1.77. The van der Waals surface area contributed by atoms with Crippen LogP contribution in [0.15, 0.2) is 71.3 Å². The normalized spacial score (nSPS) is 11.9. The van der Waals surface area contributed by atoms with E-state index in [4.69, 9.17) is 9.15 Å². The van der Waals surface area contributed by atoms with E-state index in [1.54, 1.807) is 25.3 Å². The number of hydrogen-bond donors (Lipinski definition) is 1. The van der Waals surface area contributed by atoms with Crippen LogP contribution in [0.1, 0.15) is 32.1 Å². The summed E-state index contributed by atoms with van der Waals surface area (Å²) < 4.78 is 12.3. The second-order valence-electron chi connectivity index (χ2n) is 8.44. The topological polar surface area (TPSA) is 95.1 Å². The van der Waals surface area contributed by atoms with E-state index < -0.39 is 5.91 Å². The molecule has 168 valence electrons. The van der Waals surface area contributed by atoms with E-state index >= 15 is 0 Å². The van der Waals surface area contributed by atoms with Gasteiger partial charge in [-0.1, -0.05) is 57.2 Å². The second-order valence-corrected chi connectivity index (χ2v) is 8.44. The molecule has 2 aromatic heterocycles. The van der Waals surface area contributed by atoms with Gasteiger partial charge in [0.2, 0.25) is 0 Å². The van der Waals surface area contributed by atoms with Crippen LogP contribution in [0.2, 0.25) is 0 Å². The lowest BCUT2D eigenvalue weighted by atomic mass is 9.87. The molecule has 0 saturated carbocycles. The third-order valence-electron chi connectivity index (χ3n) is 5.10. The van der Waals surface area contributed by atoms with Crippen LogP contribution in [-0.4, -0.2) is 33.2 Å². The van der Waals surface area contributed by atoms with Crippen LogP contribution >= 0.6 is 0 Å². The number of ether oxygens (including phenoxy) is 1. The highest BCUT2D eigenvalue weighted by Crippen LogP contribution is 2.32. The van der Waals surface area contributed by atoms with Crippen molar-refractivity contribution >= 4 is 23.4 Å². The number of carbonyl (C=O) groups excluding carboxylic acids is 1. The molecule has 1 N–H and O–H groups in total. The Hall–Kier alpha value is -4.20. The Bertz CT molecular complexity index is 1270. The van der Waals surface area contributed by atoms with Crippen molar-refractivity contribution in [3.8, 4) is 17.1 Å². The number of tetrazole rings is 1.